The minimum atomic E-state index is -2.66. The summed E-state index contributed by atoms with van der Waals surface area (Å²) in [5, 5.41) is 12.2. The maximum absolute atomic E-state index is 14.5. The predicted octanol–water partition coefficient (Wildman–Crippen LogP) is 3.09. The molecule has 0 radical (unpaired) electrons. The van der Waals surface area contributed by atoms with E-state index < -0.39 is 58.2 Å². The Hall–Kier alpha value is -4.80. The van der Waals surface area contributed by atoms with Crippen LogP contribution in [0.1, 0.15) is 33.5 Å². The van der Waals surface area contributed by atoms with E-state index in [0.29, 0.717) is 12.2 Å². The molecular formula is C37H39N3O7. The molecule has 244 valence electrons. The summed E-state index contributed by atoms with van der Waals surface area (Å²) >= 11 is 0. The van der Waals surface area contributed by atoms with E-state index in [4.69, 9.17) is 15.2 Å². The molecule has 5 atom stereocenters. The zero-order valence-electron chi connectivity index (χ0n) is 26.9. The van der Waals surface area contributed by atoms with Crippen molar-refractivity contribution in [1.82, 2.24) is 4.90 Å². The number of likely N-dealkylation sites (N-methyl/N-ethyl adjacent to an activating group) is 1. The molecule has 10 heteroatoms. The van der Waals surface area contributed by atoms with E-state index in [9.17, 15) is 24.3 Å². The molecule has 0 aliphatic heterocycles. The second-order valence-electron chi connectivity index (χ2n) is 13.0. The molecule has 1 fully saturated rings. The molecule has 0 saturated heterocycles. The molecule has 47 heavy (non-hydrogen) atoms. The van der Waals surface area contributed by atoms with E-state index in [1.807, 2.05) is 85.7 Å². The topological polar surface area (TPSA) is 139 Å². The largest absolute Gasteiger partial charge is 0.491 e. The van der Waals surface area contributed by atoms with E-state index in [2.05, 4.69) is 0 Å². The van der Waals surface area contributed by atoms with Crippen molar-refractivity contribution in [1.29, 1.82) is 0 Å². The first-order valence-electron chi connectivity index (χ1n) is 15.7. The van der Waals surface area contributed by atoms with Gasteiger partial charge in [-0.15, -0.1) is 0 Å². The molecule has 0 spiro atoms. The van der Waals surface area contributed by atoms with Crippen molar-refractivity contribution >= 4 is 28.9 Å². The van der Waals surface area contributed by atoms with Gasteiger partial charge in [-0.1, -0.05) is 60.7 Å². The Bertz CT molecular complexity index is 1770. The van der Waals surface area contributed by atoms with Crippen molar-refractivity contribution in [2.45, 2.75) is 37.7 Å². The van der Waals surface area contributed by atoms with Gasteiger partial charge in [0.25, 0.3) is 5.91 Å². The highest BCUT2D eigenvalue weighted by atomic mass is 16.5. The zero-order chi connectivity index (χ0) is 33.6. The zero-order valence-corrected chi connectivity index (χ0v) is 26.9. The summed E-state index contributed by atoms with van der Waals surface area (Å²) in [5.74, 6) is -6.14. The smallest absolute Gasteiger partial charge is 0.255 e. The highest BCUT2D eigenvalue weighted by Crippen LogP contribution is 2.52. The quantitative estimate of drug-likeness (QED) is 0.268. The molecule has 3 aromatic carbocycles. The number of amides is 1. The average Bonchev–Trinajstić information content (AvgIpc) is 3.04. The number of anilines is 1. The SMILES string of the molecule is CN(C)c1ccc(OCc2ccccc2)c2c1CC1CC3C(N(C)C)C(OCc4ccccc4)=C(C(N)=O)C(=O)C3(O)C(=O)C1C2=O. The van der Waals surface area contributed by atoms with Crippen LogP contribution >= 0.6 is 0 Å². The van der Waals surface area contributed by atoms with Gasteiger partial charge in [0.2, 0.25) is 5.78 Å². The van der Waals surface area contributed by atoms with Gasteiger partial charge in [0.15, 0.2) is 17.2 Å². The lowest BCUT2D eigenvalue weighted by molar-refractivity contribution is -0.170. The normalized spacial score (nSPS) is 25.2. The molecule has 3 aromatic rings. The lowest BCUT2D eigenvalue weighted by atomic mass is 9.54. The van der Waals surface area contributed by atoms with Gasteiger partial charge >= 0.3 is 0 Å². The number of fused-ring (bicyclic) bond motifs is 3. The standard InChI is InChI=1S/C37H39N3O7/c1-39(2)26-15-16-27(46-19-21-11-7-5-8-12-21)29-24(26)17-23-18-25-31(40(3)4)33(47-20-22-13-9-6-10-14-22)30(36(38)44)35(43)37(25,45)34(42)28(23)32(29)41/h5-16,23,25,28,31,45H,17-20H2,1-4H3,(H2,38,44). The summed E-state index contributed by atoms with van der Waals surface area (Å²) in [6.45, 7) is 0.247. The number of hydrogen-bond donors (Lipinski definition) is 2. The molecule has 3 N–H and O–H groups in total. The molecule has 10 nitrogen and oxygen atoms in total. The summed E-state index contributed by atoms with van der Waals surface area (Å²) < 4.78 is 12.3. The van der Waals surface area contributed by atoms with Gasteiger partial charge in [-0.3, -0.25) is 24.1 Å². The fourth-order valence-electron chi connectivity index (χ4n) is 7.58. The van der Waals surface area contributed by atoms with Crippen LogP contribution in [-0.4, -0.2) is 73.1 Å². The Morgan fingerprint density at radius 2 is 1.49 bits per heavy atom. The first-order valence-corrected chi connectivity index (χ1v) is 15.7. The second-order valence-corrected chi connectivity index (χ2v) is 13.0. The lowest BCUT2D eigenvalue weighted by Gasteiger charge is -2.52. The van der Waals surface area contributed by atoms with Gasteiger partial charge in [0, 0.05) is 25.7 Å². The van der Waals surface area contributed by atoms with Gasteiger partial charge in [-0.25, -0.2) is 0 Å². The van der Waals surface area contributed by atoms with Gasteiger partial charge in [-0.2, -0.15) is 0 Å². The Morgan fingerprint density at radius 3 is 2.04 bits per heavy atom. The van der Waals surface area contributed by atoms with Gasteiger partial charge in [0.05, 0.1) is 17.5 Å². The van der Waals surface area contributed by atoms with Crippen molar-refractivity contribution in [3.63, 3.8) is 0 Å². The van der Waals surface area contributed by atoms with Crippen molar-refractivity contribution in [3.05, 3.63) is 106 Å². The van der Waals surface area contributed by atoms with E-state index in [1.165, 1.54) is 0 Å². The number of benzene rings is 3. The van der Waals surface area contributed by atoms with Gasteiger partial charge < -0.3 is 25.2 Å². The lowest BCUT2D eigenvalue weighted by Crippen LogP contribution is -2.69. The van der Waals surface area contributed by atoms with E-state index in [1.54, 1.807) is 25.1 Å². The van der Waals surface area contributed by atoms with Crippen molar-refractivity contribution in [2.75, 3.05) is 33.1 Å². The molecule has 6 rings (SSSR count). The summed E-state index contributed by atoms with van der Waals surface area (Å²) in [4.78, 5) is 59.6. The summed E-state index contributed by atoms with van der Waals surface area (Å²) in [5.41, 5.74) is 6.08. The Balaban J connectivity index is 1.42. The third-order valence-electron chi connectivity index (χ3n) is 9.70. The maximum atomic E-state index is 14.5. The third-order valence-corrected chi connectivity index (χ3v) is 9.70. The predicted molar refractivity (Wildman–Crippen MR) is 175 cm³/mol. The number of nitrogens with zero attached hydrogens (tertiary/aromatic N) is 2. The van der Waals surface area contributed by atoms with Crippen molar-refractivity contribution < 1.29 is 33.8 Å². The van der Waals surface area contributed by atoms with Crippen LogP contribution in [0.5, 0.6) is 5.75 Å². The second kappa shape index (κ2) is 12.4. The van der Waals surface area contributed by atoms with Crippen LogP contribution in [0.15, 0.2) is 84.1 Å². The third kappa shape index (κ3) is 5.41. The first-order chi connectivity index (χ1) is 22.4. The number of primary amides is 1. The van der Waals surface area contributed by atoms with Crippen LogP contribution in [0.2, 0.25) is 0 Å². The number of ketones is 3. The number of carbonyl (C=O) groups is 4. The molecular weight excluding hydrogens is 598 g/mol. The Labute approximate surface area is 273 Å². The number of hydrogen-bond acceptors (Lipinski definition) is 9. The number of carbonyl (C=O) groups excluding carboxylic acids is 4. The molecule has 3 aliphatic rings. The minimum absolute atomic E-state index is 0.0189. The number of rotatable bonds is 9. The van der Waals surface area contributed by atoms with E-state index in [-0.39, 0.29) is 31.0 Å². The van der Waals surface area contributed by atoms with E-state index in [0.717, 1.165) is 22.4 Å². The van der Waals surface area contributed by atoms with Crippen LogP contribution in [0.25, 0.3) is 0 Å². The first kappa shape index (κ1) is 32.2. The maximum Gasteiger partial charge on any atom is 0.255 e. The van der Waals surface area contributed by atoms with Crippen molar-refractivity contribution in [2.24, 2.45) is 23.5 Å². The van der Waals surface area contributed by atoms with E-state index >= 15 is 0 Å². The number of ether oxygens (including phenoxy) is 2. The summed E-state index contributed by atoms with van der Waals surface area (Å²) in [7, 11) is 7.22. The molecule has 5 unspecified atom stereocenters. The number of nitrogens with two attached hydrogens (primary N) is 1. The fraction of sp³-hybridized carbons (Fsp3) is 0.351. The highest BCUT2D eigenvalue weighted by molar-refractivity contribution is 6.32. The van der Waals surface area contributed by atoms with Crippen LogP contribution in [0.3, 0.4) is 0 Å². The Morgan fingerprint density at radius 1 is 0.894 bits per heavy atom. The van der Waals surface area contributed by atoms with Crippen LogP contribution < -0.4 is 15.4 Å². The summed E-state index contributed by atoms with van der Waals surface area (Å²) in [6, 6.07) is 21.5. The van der Waals surface area contributed by atoms with Gasteiger partial charge in [-0.05, 0) is 61.7 Å². The monoisotopic (exact) mass is 637 g/mol. The molecule has 1 amide bonds. The molecule has 0 bridgehead atoms. The Kier molecular flexibility index (Phi) is 8.50. The molecule has 1 saturated carbocycles. The van der Waals surface area contributed by atoms with Crippen LogP contribution in [0, 0.1) is 17.8 Å². The number of aliphatic hydroxyl groups is 1. The molecule has 0 heterocycles. The average molecular weight is 638 g/mol. The molecule has 0 aromatic heterocycles. The van der Waals surface area contributed by atoms with Crippen LogP contribution in [0.4, 0.5) is 5.69 Å². The van der Waals surface area contributed by atoms with Crippen molar-refractivity contribution in [3.8, 4) is 5.75 Å². The summed E-state index contributed by atoms with van der Waals surface area (Å²) in [6.07, 6.45) is 0.500. The molecule has 3 aliphatic carbocycles. The van der Waals surface area contributed by atoms with Gasteiger partial charge in [0.1, 0.15) is 30.3 Å². The fourth-order valence-corrected chi connectivity index (χ4v) is 7.58. The highest BCUT2D eigenvalue weighted by Gasteiger charge is 2.67. The van der Waals surface area contributed by atoms with Crippen LogP contribution in [-0.2, 0) is 38.8 Å². The minimum Gasteiger partial charge on any atom is -0.491 e. The number of Topliss-reactive ketones (excluding diaryl/α,β-unsaturated/α-hetero) is 3.